The second-order valence-electron chi connectivity index (χ2n) is 6.15. The average molecular weight is 370 g/mol. The molecule has 0 saturated carbocycles. The van der Waals surface area contributed by atoms with Crippen LogP contribution in [0.15, 0.2) is 47.1 Å². The predicted octanol–water partition coefficient (Wildman–Crippen LogP) is 1.09. The van der Waals surface area contributed by atoms with E-state index in [1.54, 1.807) is 37.3 Å². The summed E-state index contributed by atoms with van der Waals surface area (Å²) >= 11 is 0. The third kappa shape index (κ3) is 3.97. The number of nitrogens with one attached hydrogen (secondary N) is 4. The van der Waals surface area contributed by atoms with Crippen LogP contribution in [0.2, 0.25) is 0 Å². The highest BCUT2D eigenvalue weighted by molar-refractivity contribution is 6.07. The summed E-state index contributed by atoms with van der Waals surface area (Å²) in [6.07, 6.45) is 1.45. The molecule has 1 saturated heterocycles. The quantitative estimate of drug-likeness (QED) is 0.566. The largest absolute Gasteiger partial charge is 0.459 e. The molecule has 140 valence electrons. The normalized spacial score (nSPS) is 18.6. The van der Waals surface area contributed by atoms with Gasteiger partial charge in [-0.3, -0.25) is 19.7 Å². The Morgan fingerprint density at radius 2 is 2.00 bits per heavy atom. The van der Waals surface area contributed by atoms with Gasteiger partial charge in [0, 0.05) is 18.7 Å². The van der Waals surface area contributed by atoms with E-state index in [9.17, 15) is 19.2 Å². The SMILES string of the molecule is CC1(c2cccc(NC(=O)CCNC(=O)c3ccco3)c2)NC(=O)NC1=O. The maximum Gasteiger partial charge on any atom is 0.322 e. The van der Waals surface area contributed by atoms with E-state index in [1.165, 1.54) is 12.3 Å². The number of carbonyl (C=O) groups is 4. The Bertz CT molecular complexity index is 893. The number of hydrogen-bond acceptors (Lipinski definition) is 5. The van der Waals surface area contributed by atoms with Crippen molar-refractivity contribution in [2.75, 3.05) is 11.9 Å². The summed E-state index contributed by atoms with van der Waals surface area (Å²) in [5, 5.41) is 10.0. The first-order chi connectivity index (χ1) is 12.9. The number of hydrogen-bond donors (Lipinski definition) is 4. The number of furan rings is 1. The number of benzene rings is 1. The zero-order valence-electron chi connectivity index (χ0n) is 14.5. The fourth-order valence-corrected chi connectivity index (χ4v) is 2.66. The van der Waals surface area contributed by atoms with E-state index in [-0.39, 0.29) is 24.6 Å². The van der Waals surface area contributed by atoms with Gasteiger partial charge in [0.15, 0.2) is 5.76 Å². The van der Waals surface area contributed by atoms with E-state index >= 15 is 0 Å². The van der Waals surface area contributed by atoms with Crippen LogP contribution in [0, 0.1) is 0 Å². The van der Waals surface area contributed by atoms with Crippen LogP contribution in [0.5, 0.6) is 0 Å². The van der Waals surface area contributed by atoms with Gasteiger partial charge in [-0.25, -0.2) is 4.79 Å². The number of anilines is 1. The Hall–Kier alpha value is -3.62. The second kappa shape index (κ2) is 7.32. The molecule has 1 fully saturated rings. The molecule has 3 rings (SSSR count). The van der Waals surface area contributed by atoms with Gasteiger partial charge >= 0.3 is 6.03 Å². The molecule has 27 heavy (non-hydrogen) atoms. The number of urea groups is 1. The highest BCUT2D eigenvalue weighted by atomic mass is 16.3. The van der Waals surface area contributed by atoms with Gasteiger partial charge in [-0.15, -0.1) is 0 Å². The zero-order chi connectivity index (χ0) is 19.4. The summed E-state index contributed by atoms with van der Waals surface area (Å²) in [5.74, 6) is -0.993. The van der Waals surface area contributed by atoms with Crippen molar-refractivity contribution < 1.29 is 23.6 Å². The van der Waals surface area contributed by atoms with Crippen molar-refractivity contribution in [3.63, 3.8) is 0 Å². The van der Waals surface area contributed by atoms with Crippen LogP contribution in [-0.4, -0.2) is 30.3 Å². The van der Waals surface area contributed by atoms with E-state index in [2.05, 4.69) is 21.3 Å². The van der Waals surface area contributed by atoms with E-state index in [0.717, 1.165) is 0 Å². The van der Waals surface area contributed by atoms with Gasteiger partial charge in [-0.2, -0.15) is 0 Å². The molecule has 5 amide bonds. The van der Waals surface area contributed by atoms with Crippen LogP contribution in [0.3, 0.4) is 0 Å². The fourth-order valence-electron chi connectivity index (χ4n) is 2.66. The van der Waals surface area contributed by atoms with Crippen molar-refractivity contribution in [2.45, 2.75) is 18.9 Å². The highest BCUT2D eigenvalue weighted by Gasteiger charge is 2.43. The first-order valence-corrected chi connectivity index (χ1v) is 8.24. The minimum absolute atomic E-state index is 0.0607. The Kier molecular flexibility index (Phi) is 4.93. The third-order valence-corrected chi connectivity index (χ3v) is 4.15. The molecule has 0 aliphatic carbocycles. The van der Waals surface area contributed by atoms with Crippen molar-refractivity contribution in [2.24, 2.45) is 0 Å². The summed E-state index contributed by atoms with van der Waals surface area (Å²) in [6, 6.07) is 9.20. The summed E-state index contributed by atoms with van der Waals surface area (Å²) in [6.45, 7) is 1.72. The molecule has 1 unspecified atom stereocenters. The Morgan fingerprint density at radius 1 is 1.19 bits per heavy atom. The summed E-state index contributed by atoms with van der Waals surface area (Å²) in [5.41, 5.74) is -0.186. The van der Waals surface area contributed by atoms with Crippen LogP contribution >= 0.6 is 0 Å². The van der Waals surface area contributed by atoms with Gasteiger partial charge in [0.25, 0.3) is 11.8 Å². The summed E-state index contributed by atoms with van der Waals surface area (Å²) in [4.78, 5) is 47.2. The van der Waals surface area contributed by atoms with E-state index in [0.29, 0.717) is 11.3 Å². The van der Waals surface area contributed by atoms with Gasteiger partial charge in [-0.05, 0) is 36.8 Å². The molecule has 4 N–H and O–H groups in total. The number of imide groups is 1. The maximum absolute atomic E-state index is 12.1. The Morgan fingerprint density at radius 3 is 2.67 bits per heavy atom. The molecule has 1 atom stereocenters. The molecule has 1 aliphatic rings. The minimum Gasteiger partial charge on any atom is -0.459 e. The molecule has 1 aliphatic heterocycles. The highest BCUT2D eigenvalue weighted by Crippen LogP contribution is 2.26. The molecule has 1 aromatic carbocycles. The summed E-state index contributed by atoms with van der Waals surface area (Å²) < 4.78 is 4.96. The summed E-state index contributed by atoms with van der Waals surface area (Å²) in [7, 11) is 0. The van der Waals surface area contributed by atoms with Crippen LogP contribution < -0.4 is 21.3 Å². The first kappa shape index (κ1) is 18.2. The van der Waals surface area contributed by atoms with Gasteiger partial charge in [0.1, 0.15) is 5.54 Å². The Balaban J connectivity index is 1.56. The van der Waals surface area contributed by atoms with Crippen LogP contribution in [0.1, 0.15) is 29.5 Å². The van der Waals surface area contributed by atoms with Crippen molar-refractivity contribution >= 4 is 29.4 Å². The molecular weight excluding hydrogens is 352 g/mol. The molecule has 2 aromatic rings. The fraction of sp³-hybridized carbons (Fsp3) is 0.222. The zero-order valence-corrected chi connectivity index (χ0v) is 14.5. The Labute approximate surface area is 154 Å². The molecular formula is C18H18N4O5. The van der Waals surface area contributed by atoms with Crippen LogP contribution in [-0.2, 0) is 15.1 Å². The monoisotopic (exact) mass is 370 g/mol. The number of rotatable bonds is 6. The second-order valence-corrected chi connectivity index (χ2v) is 6.15. The number of carbonyl (C=O) groups excluding carboxylic acids is 4. The van der Waals surface area contributed by atoms with Gasteiger partial charge in [-0.1, -0.05) is 12.1 Å². The van der Waals surface area contributed by atoms with Crippen LogP contribution in [0.25, 0.3) is 0 Å². The third-order valence-electron chi connectivity index (χ3n) is 4.15. The van der Waals surface area contributed by atoms with Crippen molar-refractivity contribution in [3.8, 4) is 0 Å². The lowest BCUT2D eigenvalue weighted by Crippen LogP contribution is -2.40. The van der Waals surface area contributed by atoms with Crippen molar-refractivity contribution in [3.05, 3.63) is 54.0 Å². The predicted molar refractivity (Wildman–Crippen MR) is 94.8 cm³/mol. The molecule has 0 radical (unpaired) electrons. The van der Waals surface area contributed by atoms with E-state index < -0.39 is 23.4 Å². The molecule has 2 heterocycles. The minimum atomic E-state index is -1.20. The molecule has 0 spiro atoms. The topological polar surface area (TPSA) is 130 Å². The lowest BCUT2D eigenvalue weighted by molar-refractivity contribution is -0.123. The molecule has 1 aromatic heterocycles. The molecule has 9 heteroatoms. The van der Waals surface area contributed by atoms with E-state index in [4.69, 9.17) is 4.42 Å². The average Bonchev–Trinajstić information content (AvgIpc) is 3.24. The maximum atomic E-state index is 12.1. The molecule has 9 nitrogen and oxygen atoms in total. The van der Waals surface area contributed by atoms with Crippen molar-refractivity contribution in [1.29, 1.82) is 0 Å². The first-order valence-electron chi connectivity index (χ1n) is 8.24. The van der Waals surface area contributed by atoms with E-state index in [1.807, 2.05) is 0 Å². The van der Waals surface area contributed by atoms with Gasteiger partial charge < -0.3 is 20.4 Å². The molecule has 0 bridgehead atoms. The lowest BCUT2D eigenvalue weighted by Gasteiger charge is -2.21. The standard InChI is InChI=1S/C18H18N4O5/c1-18(16(25)21-17(26)22-18)11-4-2-5-12(10-11)20-14(23)7-8-19-15(24)13-6-3-9-27-13/h2-6,9-10H,7-8H2,1H3,(H,19,24)(H,20,23)(H2,21,22,25,26). The van der Waals surface area contributed by atoms with Crippen LogP contribution in [0.4, 0.5) is 10.5 Å². The van der Waals surface area contributed by atoms with Gasteiger partial charge in [0.05, 0.1) is 6.26 Å². The lowest BCUT2D eigenvalue weighted by atomic mass is 9.92. The smallest absolute Gasteiger partial charge is 0.322 e. The van der Waals surface area contributed by atoms with Crippen molar-refractivity contribution in [1.82, 2.24) is 16.0 Å². The van der Waals surface area contributed by atoms with Gasteiger partial charge in [0.2, 0.25) is 5.91 Å². The number of amides is 5.